The maximum Gasteiger partial charge on any atom is 0.367 e. The molecule has 1 saturated heterocycles. The lowest BCUT2D eigenvalue weighted by molar-refractivity contribution is 0.0109. The van der Waals surface area contributed by atoms with E-state index in [2.05, 4.69) is 0 Å². The first-order chi connectivity index (χ1) is 4.79. The second kappa shape index (κ2) is 4.12. The zero-order valence-corrected chi connectivity index (χ0v) is 7.67. The van der Waals surface area contributed by atoms with Crippen LogP contribution in [-0.4, -0.2) is 23.3 Å². The molecule has 1 rings (SSSR count). The summed E-state index contributed by atoms with van der Waals surface area (Å²) in [5.74, 6) is 0. The number of rotatable bonds is 1. The molecule has 4 heteroatoms. The van der Waals surface area contributed by atoms with Crippen molar-refractivity contribution >= 4 is 26.6 Å². The van der Waals surface area contributed by atoms with Crippen molar-refractivity contribution in [2.75, 3.05) is 13.2 Å². The molecule has 1 aliphatic heterocycles. The highest BCUT2D eigenvalue weighted by Gasteiger charge is 2.15. The van der Waals surface area contributed by atoms with Crippen LogP contribution in [0.25, 0.3) is 0 Å². The molecule has 58 valence electrons. The van der Waals surface area contributed by atoms with Gasteiger partial charge < -0.3 is 9.47 Å². The van der Waals surface area contributed by atoms with Crippen molar-refractivity contribution in [3.8, 4) is 0 Å². The van der Waals surface area contributed by atoms with Crippen LogP contribution in [0.2, 0.25) is 0 Å². The summed E-state index contributed by atoms with van der Waals surface area (Å²) in [6.45, 7) is 1.43. The molecular formula is C6H9IO3. The van der Waals surface area contributed by atoms with Crippen molar-refractivity contribution in [3.05, 3.63) is 0 Å². The van der Waals surface area contributed by atoms with Crippen LogP contribution in [-0.2, 0) is 9.47 Å². The topological polar surface area (TPSA) is 35.5 Å². The first-order valence-corrected chi connectivity index (χ1v) is 4.31. The predicted molar refractivity (Wildman–Crippen MR) is 44.3 cm³/mol. The van der Waals surface area contributed by atoms with Gasteiger partial charge in [0.15, 0.2) is 0 Å². The molecule has 0 aromatic rings. The highest BCUT2D eigenvalue weighted by molar-refractivity contribution is 14.1. The van der Waals surface area contributed by atoms with E-state index in [1.165, 1.54) is 0 Å². The smallest absolute Gasteiger partial charge is 0.367 e. The second-order valence-electron chi connectivity index (χ2n) is 2.17. The first-order valence-electron chi connectivity index (χ1n) is 3.23. The minimum absolute atomic E-state index is 0.0955. The van der Waals surface area contributed by atoms with Crippen molar-refractivity contribution in [1.29, 1.82) is 0 Å². The van der Waals surface area contributed by atoms with Crippen LogP contribution in [0.4, 0.5) is 4.79 Å². The van der Waals surface area contributed by atoms with Gasteiger partial charge in [-0.25, -0.2) is 4.79 Å². The molecule has 0 aromatic heterocycles. The van der Waals surface area contributed by atoms with E-state index in [0.29, 0.717) is 13.2 Å². The molecule has 0 unspecified atom stereocenters. The molecule has 1 aliphatic rings. The summed E-state index contributed by atoms with van der Waals surface area (Å²) in [4.78, 5) is 10.4. The normalized spacial score (nSPS) is 20.5. The Morgan fingerprint density at radius 3 is 2.60 bits per heavy atom. The molecule has 0 atom stereocenters. The lowest BCUT2D eigenvalue weighted by Gasteiger charge is -2.20. The lowest BCUT2D eigenvalue weighted by Crippen LogP contribution is -2.23. The van der Waals surface area contributed by atoms with Gasteiger partial charge in [0.2, 0.25) is 0 Å². The van der Waals surface area contributed by atoms with Gasteiger partial charge in [0, 0.05) is 12.8 Å². The van der Waals surface area contributed by atoms with Crippen LogP contribution < -0.4 is 0 Å². The number of hydrogen-bond donors (Lipinski definition) is 0. The summed E-state index contributed by atoms with van der Waals surface area (Å²) in [5, 5.41) is 0. The van der Waals surface area contributed by atoms with Crippen LogP contribution in [0, 0.1) is 0 Å². The van der Waals surface area contributed by atoms with E-state index in [0.717, 1.165) is 12.8 Å². The van der Waals surface area contributed by atoms with Gasteiger partial charge in [-0.05, 0) is 0 Å². The molecule has 0 aromatic carbocycles. The summed E-state index contributed by atoms with van der Waals surface area (Å²) in [6.07, 6.45) is 1.78. The third-order valence-electron chi connectivity index (χ3n) is 1.43. The summed E-state index contributed by atoms with van der Waals surface area (Å²) in [7, 11) is 0. The molecule has 10 heavy (non-hydrogen) atoms. The standard InChI is InChI=1S/C6H9IO3/c7-6(8)10-5-1-3-9-4-2-5/h5H,1-4H2. The molecule has 1 heterocycles. The van der Waals surface area contributed by atoms with E-state index in [9.17, 15) is 4.79 Å². The van der Waals surface area contributed by atoms with E-state index >= 15 is 0 Å². The largest absolute Gasteiger partial charge is 0.455 e. The Bertz CT molecular complexity index is 120. The summed E-state index contributed by atoms with van der Waals surface area (Å²) < 4.78 is 9.83. The maximum absolute atomic E-state index is 10.4. The van der Waals surface area contributed by atoms with Crippen molar-refractivity contribution in [2.24, 2.45) is 0 Å². The Kier molecular flexibility index (Phi) is 3.41. The highest BCUT2D eigenvalue weighted by atomic mass is 127. The molecule has 3 nitrogen and oxygen atoms in total. The molecule has 0 radical (unpaired) electrons. The average molecular weight is 256 g/mol. The fourth-order valence-electron chi connectivity index (χ4n) is 0.925. The SMILES string of the molecule is O=C(I)OC1CCOCC1. The van der Waals surface area contributed by atoms with Crippen LogP contribution in [0.5, 0.6) is 0 Å². The van der Waals surface area contributed by atoms with Gasteiger partial charge in [0.1, 0.15) is 6.10 Å². The molecule has 0 saturated carbocycles. The summed E-state index contributed by atoms with van der Waals surface area (Å²) in [6, 6.07) is 0. The van der Waals surface area contributed by atoms with Gasteiger partial charge in [0.25, 0.3) is 0 Å². The van der Waals surface area contributed by atoms with Gasteiger partial charge in [-0.3, -0.25) is 0 Å². The molecule has 0 bridgehead atoms. The van der Waals surface area contributed by atoms with Gasteiger partial charge >= 0.3 is 3.98 Å². The molecule has 0 amide bonds. The maximum atomic E-state index is 10.4. The van der Waals surface area contributed by atoms with Crippen LogP contribution in [0.1, 0.15) is 12.8 Å². The van der Waals surface area contributed by atoms with Crippen LogP contribution >= 0.6 is 22.6 Å². The van der Waals surface area contributed by atoms with Gasteiger partial charge in [-0.2, -0.15) is 0 Å². The van der Waals surface area contributed by atoms with Crippen LogP contribution in [0.3, 0.4) is 0 Å². The van der Waals surface area contributed by atoms with Crippen molar-refractivity contribution < 1.29 is 14.3 Å². The molecule has 1 fully saturated rings. The van der Waals surface area contributed by atoms with E-state index < -0.39 is 0 Å². The fraction of sp³-hybridized carbons (Fsp3) is 0.833. The average Bonchev–Trinajstić information content (AvgIpc) is 1.88. The third-order valence-corrected chi connectivity index (χ3v) is 1.68. The van der Waals surface area contributed by atoms with Crippen LogP contribution in [0.15, 0.2) is 0 Å². The molecule has 0 N–H and O–H groups in total. The van der Waals surface area contributed by atoms with E-state index in [4.69, 9.17) is 9.47 Å². The first kappa shape index (κ1) is 8.26. The Hall–Kier alpha value is 0.160. The molecule has 0 aliphatic carbocycles. The quantitative estimate of drug-likeness (QED) is 0.529. The Morgan fingerprint density at radius 1 is 1.50 bits per heavy atom. The monoisotopic (exact) mass is 256 g/mol. The van der Waals surface area contributed by atoms with Gasteiger partial charge in [-0.1, -0.05) is 0 Å². The summed E-state index contributed by atoms with van der Waals surface area (Å²) >= 11 is 1.64. The Balaban J connectivity index is 2.19. The minimum atomic E-state index is -0.218. The zero-order valence-electron chi connectivity index (χ0n) is 5.51. The van der Waals surface area contributed by atoms with Crippen molar-refractivity contribution in [1.82, 2.24) is 0 Å². The third kappa shape index (κ3) is 2.83. The number of hydrogen-bond acceptors (Lipinski definition) is 3. The summed E-state index contributed by atoms with van der Waals surface area (Å²) in [5.41, 5.74) is 0. The number of halogens is 1. The van der Waals surface area contributed by atoms with Crippen molar-refractivity contribution in [3.63, 3.8) is 0 Å². The van der Waals surface area contributed by atoms with Gasteiger partial charge in [0.05, 0.1) is 35.8 Å². The number of carbonyl (C=O) groups excluding carboxylic acids is 1. The fourth-order valence-corrected chi connectivity index (χ4v) is 1.28. The van der Waals surface area contributed by atoms with E-state index in [1.54, 1.807) is 22.6 Å². The lowest BCUT2D eigenvalue weighted by atomic mass is 10.2. The predicted octanol–water partition coefficient (Wildman–Crippen LogP) is 1.74. The second-order valence-corrected chi connectivity index (χ2v) is 3.05. The Morgan fingerprint density at radius 2 is 2.10 bits per heavy atom. The number of carbonyl (C=O) groups is 1. The van der Waals surface area contributed by atoms with E-state index in [1.807, 2.05) is 0 Å². The number of ether oxygens (including phenoxy) is 2. The zero-order chi connectivity index (χ0) is 7.40. The Labute approximate surface area is 73.2 Å². The van der Waals surface area contributed by atoms with E-state index in [-0.39, 0.29) is 10.1 Å². The minimum Gasteiger partial charge on any atom is -0.455 e. The van der Waals surface area contributed by atoms with Crippen molar-refractivity contribution in [2.45, 2.75) is 18.9 Å². The highest BCUT2D eigenvalue weighted by Crippen LogP contribution is 2.12. The van der Waals surface area contributed by atoms with Gasteiger partial charge in [-0.15, -0.1) is 0 Å². The molecular weight excluding hydrogens is 247 g/mol. The molecule has 0 spiro atoms.